The Morgan fingerprint density at radius 1 is 1.19 bits per heavy atom. The number of sulfone groups is 1. The largest absolute Gasteiger partial charge is 0.224 e. The zero-order valence-electron chi connectivity index (χ0n) is 11.2. The van der Waals surface area contributed by atoms with Crippen LogP contribution in [-0.2, 0) is 15.6 Å². The molecule has 0 fully saturated rings. The van der Waals surface area contributed by atoms with Gasteiger partial charge in [-0.3, -0.25) is 0 Å². The average Bonchev–Trinajstić information content (AvgIpc) is 2.46. The monoisotopic (exact) mass is 321 g/mol. The summed E-state index contributed by atoms with van der Waals surface area (Å²) < 4.78 is 36.3. The van der Waals surface area contributed by atoms with Gasteiger partial charge in [0.05, 0.1) is 16.5 Å². The summed E-state index contributed by atoms with van der Waals surface area (Å²) in [4.78, 5) is 1.09. The number of halogens is 1. The minimum atomic E-state index is -3.21. The highest BCUT2D eigenvalue weighted by atomic mass is 32.2. The van der Waals surface area contributed by atoms with Crippen LogP contribution in [0.1, 0.15) is 11.1 Å². The first-order valence-corrected chi connectivity index (χ1v) is 8.89. The SMILES string of the molecule is CS(=O)(=O)c1ccc(SCc2cc(C#N)ccc2F)cc1. The van der Waals surface area contributed by atoms with Gasteiger partial charge in [-0.05, 0) is 48.0 Å². The highest BCUT2D eigenvalue weighted by molar-refractivity contribution is 7.98. The van der Waals surface area contributed by atoms with Crippen molar-refractivity contribution in [3.8, 4) is 6.07 Å². The Morgan fingerprint density at radius 3 is 2.43 bits per heavy atom. The zero-order chi connectivity index (χ0) is 15.5. The Kier molecular flexibility index (Phi) is 4.66. The van der Waals surface area contributed by atoms with E-state index < -0.39 is 9.84 Å². The quantitative estimate of drug-likeness (QED) is 0.810. The summed E-state index contributed by atoms with van der Waals surface area (Å²) in [5.41, 5.74) is 0.866. The highest BCUT2D eigenvalue weighted by Crippen LogP contribution is 2.25. The molecular weight excluding hydrogens is 309 g/mol. The Balaban J connectivity index is 2.12. The molecule has 0 N–H and O–H groups in total. The average molecular weight is 321 g/mol. The highest BCUT2D eigenvalue weighted by Gasteiger charge is 2.08. The molecule has 0 aliphatic rings. The van der Waals surface area contributed by atoms with Gasteiger partial charge in [0.15, 0.2) is 9.84 Å². The van der Waals surface area contributed by atoms with E-state index in [2.05, 4.69) is 0 Å². The summed E-state index contributed by atoms with van der Waals surface area (Å²) in [6.07, 6.45) is 1.15. The van der Waals surface area contributed by atoms with E-state index in [4.69, 9.17) is 5.26 Å². The molecule has 2 aromatic carbocycles. The molecule has 0 aliphatic carbocycles. The van der Waals surface area contributed by atoms with E-state index in [-0.39, 0.29) is 10.7 Å². The molecular formula is C15H12FNO2S2. The fourth-order valence-corrected chi connectivity index (χ4v) is 3.20. The Bertz CT molecular complexity index is 793. The van der Waals surface area contributed by atoms with Crippen molar-refractivity contribution in [3.05, 3.63) is 59.4 Å². The first-order chi connectivity index (χ1) is 9.90. The van der Waals surface area contributed by atoms with E-state index in [0.29, 0.717) is 16.9 Å². The molecule has 6 heteroatoms. The maximum Gasteiger partial charge on any atom is 0.175 e. The van der Waals surface area contributed by atoms with Crippen LogP contribution in [0.5, 0.6) is 0 Å². The molecule has 0 radical (unpaired) electrons. The molecule has 21 heavy (non-hydrogen) atoms. The molecule has 0 saturated heterocycles. The van der Waals surface area contributed by atoms with E-state index in [9.17, 15) is 12.8 Å². The number of hydrogen-bond donors (Lipinski definition) is 0. The molecule has 0 saturated carbocycles. The molecule has 108 valence electrons. The normalized spacial score (nSPS) is 11.1. The number of rotatable bonds is 4. The van der Waals surface area contributed by atoms with E-state index in [1.54, 1.807) is 12.1 Å². The lowest BCUT2D eigenvalue weighted by Gasteiger charge is -2.05. The van der Waals surface area contributed by atoms with Crippen LogP contribution < -0.4 is 0 Å². The summed E-state index contributed by atoms with van der Waals surface area (Å²) in [6.45, 7) is 0. The molecule has 3 nitrogen and oxygen atoms in total. The second-order valence-electron chi connectivity index (χ2n) is 4.45. The van der Waals surface area contributed by atoms with Gasteiger partial charge in [-0.25, -0.2) is 12.8 Å². The van der Waals surface area contributed by atoms with Crippen molar-refractivity contribution in [2.24, 2.45) is 0 Å². The minimum Gasteiger partial charge on any atom is -0.224 e. The van der Waals surface area contributed by atoms with Crippen LogP contribution in [0, 0.1) is 17.1 Å². The Morgan fingerprint density at radius 2 is 1.86 bits per heavy atom. The van der Waals surface area contributed by atoms with Crippen LogP contribution >= 0.6 is 11.8 Å². The van der Waals surface area contributed by atoms with Crippen LogP contribution in [0.4, 0.5) is 4.39 Å². The Labute approximate surface area is 127 Å². The fraction of sp³-hybridized carbons (Fsp3) is 0.133. The number of hydrogen-bond acceptors (Lipinski definition) is 4. The second kappa shape index (κ2) is 6.29. The van der Waals surface area contributed by atoms with Crippen molar-refractivity contribution < 1.29 is 12.8 Å². The van der Waals surface area contributed by atoms with Crippen molar-refractivity contribution >= 4 is 21.6 Å². The first-order valence-electron chi connectivity index (χ1n) is 6.01. The van der Waals surface area contributed by atoms with E-state index in [0.717, 1.165) is 11.2 Å². The number of nitrogens with zero attached hydrogens (tertiary/aromatic N) is 1. The number of thioether (sulfide) groups is 1. The first kappa shape index (κ1) is 15.5. The summed E-state index contributed by atoms with van der Waals surface area (Å²) in [7, 11) is -3.21. The summed E-state index contributed by atoms with van der Waals surface area (Å²) in [6, 6.07) is 12.6. The van der Waals surface area contributed by atoms with Crippen LogP contribution in [0.15, 0.2) is 52.3 Å². The fourth-order valence-electron chi connectivity index (χ4n) is 1.70. The third-order valence-electron chi connectivity index (χ3n) is 2.82. The van der Waals surface area contributed by atoms with Gasteiger partial charge < -0.3 is 0 Å². The van der Waals surface area contributed by atoms with Crippen LogP contribution in [0.25, 0.3) is 0 Å². The maximum atomic E-state index is 13.6. The van der Waals surface area contributed by atoms with Gasteiger partial charge in [0.1, 0.15) is 5.82 Å². The van der Waals surface area contributed by atoms with Crippen molar-refractivity contribution in [1.82, 2.24) is 0 Å². The van der Waals surface area contributed by atoms with Gasteiger partial charge in [-0.2, -0.15) is 5.26 Å². The van der Waals surface area contributed by atoms with Crippen molar-refractivity contribution in [2.45, 2.75) is 15.5 Å². The van der Waals surface area contributed by atoms with Gasteiger partial charge in [-0.15, -0.1) is 11.8 Å². The molecule has 0 atom stereocenters. The molecule has 0 unspecified atom stereocenters. The lowest BCUT2D eigenvalue weighted by atomic mass is 10.1. The van der Waals surface area contributed by atoms with Crippen LogP contribution in [0.3, 0.4) is 0 Å². The summed E-state index contributed by atoms with van der Waals surface area (Å²) in [5.74, 6) is 0.0220. The van der Waals surface area contributed by atoms with Gasteiger partial charge in [0.25, 0.3) is 0 Å². The predicted octanol–water partition coefficient (Wildman–Crippen LogP) is 3.39. The summed E-state index contributed by atoms with van der Waals surface area (Å²) in [5, 5.41) is 8.81. The number of nitriles is 1. The smallest absolute Gasteiger partial charge is 0.175 e. The second-order valence-corrected chi connectivity index (χ2v) is 7.51. The third-order valence-corrected chi connectivity index (χ3v) is 5.01. The lowest BCUT2D eigenvalue weighted by molar-refractivity contribution is 0.602. The van der Waals surface area contributed by atoms with Crippen molar-refractivity contribution in [3.63, 3.8) is 0 Å². The standard InChI is InChI=1S/C15H12FNO2S2/c1-21(18,19)14-5-3-13(4-6-14)20-10-12-8-11(9-17)2-7-15(12)16/h2-8H,10H2,1H3. The molecule has 0 aromatic heterocycles. The Hall–Kier alpha value is -1.84. The van der Waals surface area contributed by atoms with Crippen LogP contribution in [-0.4, -0.2) is 14.7 Å². The van der Waals surface area contributed by atoms with Gasteiger partial charge >= 0.3 is 0 Å². The van der Waals surface area contributed by atoms with Crippen molar-refractivity contribution in [2.75, 3.05) is 6.26 Å². The molecule has 2 aromatic rings. The molecule has 0 spiro atoms. The molecule has 0 bridgehead atoms. The molecule has 0 heterocycles. The molecule has 2 rings (SSSR count). The van der Waals surface area contributed by atoms with Gasteiger partial charge in [-0.1, -0.05) is 0 Å². The van der Waals surface area contributed by atoms with E-state index >= 15 is 0 Å². The molecule has 0 aliphatic heterocycles. The summed E-state index contributed by atoms with van der Waals surface area (Å²) >= 11 is 1.38. The van der Waals surface area contributed by atoms with Crippen LogP contribution in [0.2, 0.25) is 0 Å². The van der Waals surface area contributed by atoms with Gasteiger partial charge in [0.2, 0.25) is 0 Å². The van der Waals surface area contributed by atoms with Gasteiger partial charge in [0, 0.05) is 16.9 Å². The topological polar surface area (TPSA) is 57.9 Å². The minimum absolute atomic E-state index is 0.254. The molecule has 0 amide bonds. The van der Waals surface area contributed by atoms with E-state index in [1.165, 1.54) is 42.1 Å². The third kappa shape index (κ3) is 4.06. The predicted molar refractivity (Wildman–Crippen MR) is 80.2 cm³/mol. The van der Waals surface area contributed by atoms with Crippen molar-refractivity contribution in [1.29, 1.82) is 5.26 Å². The maximum absolute atomic E-state index is 13.6. The number of benzene rings is 2. The zero-order valence-corrected chi connectivity index (χ0v) is 12.8. The van der Waals surface area contributed by atoms with E-state index in [1.807, 2.05) is 6.07 Å². The lowest BCUT2D eigenvalue weighted by Crippen LogP contribution is -1.96.